The number of carbonyl (C=O) groups is 1. The molecule has 0 radical (unpaired) electrons. The van der Waals surface area contributed by atoms with Gasteiger partial charge in [-0.2, -0.15) is 5.10 Å². The molecule has 0 unspecified atom stereocenters. The molecule has 104 valence electrons. The van der Waals surface area contributed by atoms with Crippen LogP contribution < -0.4 is 11.1 Å². The molecular weight excluding hydrogens is 266 g/mol. The summed E-state index contributed by atoms with van der Waals surface area (Å²) in [6.07, 6.45) is 4.75. The molecule has 0 saturated carbocycles. The zero-order valence-electron chi connectivity index (χ0n) is 11.1. The van der Waals surface area contributed by atoms with Crippen molar-refractivity contribution in [3.05, 3.63) is 66.6 Å². The smallest absolute Gasteiger partial charge is 0.258 e. The van der Waals surface area contributed by atoms with Gasteiger partial charge < -0.3 is 11.1 Å². The second-order valence-electron chi connectivity index (χ2n) is 4.42. The summed E-state index contributed by atoms with van der Waals surface area (Å²) in [4.78, 5) is 16.1. The molecule has 3 N–H and O–H groups in total. The molecule has 1 amide bonds. The largest absolute Gasteiger partial charge is 0.399 e. The average Bonchev–Trinajstić information content (AvgIpc) is 2.97. The van der Waals surface area contributed by atoms with Crippen molar-refractivity contribution in [3.8, 4) is 5.69 Å². The first kappa shape index (κ1) is 12.9. The number of amides is 1. The van der Waals surface area contributed by atoms with Gasteiger partial charge in [0.2, 0.25) is 0 Å². The first-order valence-corrected chi connectivity index (χ1v) is 6.35. The Morgan fingerprint density at radius 2 is 1.90 bits per heavy atom. The third-order valence-corrected chi connectivity index (χ3v) is 2.95. The molecule has 6 nitrogen and oxygen atoms in total. The third-order valence-electron chi connectivity index (χ3n) is 2.95. The molecule has 3 rings (SSSR count). The Balaban J connectivity index is 1.86. The van der Waals surface area contributed by atoms with Gasteiger partial charge in [-0.15, -0.1) is 0 Å². The van der Waals surface area contributed by atoms with E-state index in [2.05, 4.69) is 15.4 Å². The number of benzene rings is 1. The fourth-order valence-corrected chi connectivity index (χ4v) is 1.90. The number of nitrogens with two attached hydrogens (primary N) is 1. The monoisotopic (exact) mass is 279 g/mol. The molecule has 0 atom stereocenters. The van der Waals surface area contributed by atoms with E-state index in [4.69, 9.17) is 5.73 Å². The summed E-state index contributed by atoms with van der Waals surface area (Å²) in [5, 5.41) is 7.02. The molecule has 0 saturated heterocycles. The van der Waals surface area contributed by atoms with Crippen LogP contribution in [0.5, 0.6) is 0 Å². The predicted molar refractivity (Wildman–Crippen MR) is 80.2 cm³/mol. The summed E-state index contributed by atoms with van der Waals surface area (Å²) in [7, 11) is 0. The second-order valence-corrected chi connectivity index (χ2v) is 4.42. The number of nitrogens with zero attached hydrogens (tertiary/aromatic N) is 3. The number of nitrogens with one attached hydrogen (secondary N) is 1. The summed E-state index contributed by atoms with van der Waals surface area (Å²) in [5.41, 5.74) is 7.65. The minimum absolute atomic E-state index is 0.236. The SMILES string of the molecule is Nc1ccc(-n2nccc2NC(=O)c2cccnc2)cc1. The van der Waals surface area contributed by atoms with Crippen molar-refractivity contribution < 1.29 is 4.79 Å². The molecule has 0 aliphatic heterocycles. The molecule has 0 fully saturated rings. The van der Waals surface area contributed by atoms with Crippen LogP contribution in [0.4, 0.5) is 11.5 Å². The van der Waals surface area contributed by atoms with E-state index >= 15 is 0 Å². The van der Waals surface area contributed by atoms with Crippen molar-refractivity contribution in [2.75, 3.05) is 11.1 Å². The van der Waals surface area contributed by atoms with E-state index in [-0.39, 0.29) is 5.91 Å². The van der Waals surface area contributed by atoms with Gasteiger partial charge in [-0.1, -0.05) is 0 Å². The summed E-state index contributed by atoms with van der Waals surface area (Å²) >= 11 is 0. The van der Waals surface area contributed by atoms with Gasteiger partial charge in [-0.25, -0.2) is 4.68 Å². The van der Waals surface area contributed by atoms with Crippen LogP contribution in [0, 0.1) is 0 Å². The van der Waals surface area contributed by atoms with Crippen molar-refractivity contribution >= 4 is 17.4 Å². The highest BCUT2D eigenvalue weighted by molar-refractivity contribution is 6.03. The summed E-state index contributed by atoms with van der Waals surface area (Å²) in [6.45, 7) is 0. The molecule has 1 aromatic carbocycles. The first-order chi connectivity index (χ1) is 10.2. The van der Waals surface area contributed by atoms with E-state index in [1.165, 1.54) is 6.20 Å². The van der Waals surface area contributed by atoms with Crippen LogP contribution in [0.2, 0.25) is 0 Å². The van der Waals surface area contributed by atoms with Crippen LogP contribution in [-0.4, -0.2) is 20.7 Å². The topological polar surface area (TPSA) is 85.8 Å². The lowest BCUT2D eigenvalue weighted by atomic mass is 10.2. The number of rotatable bonds is 3. The van der Waals surface area contributed by atoms with E-state index in [0.29, 0.717) is 17.1 Å². The lowest BCUT2D eigenvalue weighted by Gasteiger charge is -2.09. The van der Waals surface area contributed by atoms with Gasteiger partial charge in [0.1, 0.15) is 5.82 Å². The van der Waals surface area contributed by atoms with Gasteiger partial charge in [-0.05, 0) is 36.4 Å². The Morgan fingerprint density at radius 3 is 2.62 bits per heavy atom. The Kier molecular flexibility index (Phi) is 3.34. The molecule has 0 aliphatic carbocycles. The third kappa shape index (κ3) is 2.74. The molecule has 0 bridgehead atoms. The number of pyridine rings is 1. The minimum Gasteiger partial charge on any atom is -0.399 e. The fourth-order valence-electron chi connectivity index (χ4n) is 1.90. The van der Waals surface area contributed by atoms with Crippen LogP contribution in [0.1, 0.15) is 10.4 Å². The number of nitrogen functional groups attached to an aromatic ring is 1. The van der Waals surface area contributed by atoms with E-state index in [0.717, 1.165) is 5.69 Å². The lowest BCUT2D eigenvalue weighted by molar-refractivity contribution is 0.102. The van der Waals surface area contributed by atoms with E-state index in [1.807, 2.05) is 12.1 Å². The Bertz CT molecular complexity index is 749. The van der Waals surface area contributed by atoms with E-state index < -0.39 is 0 Å². The van der Waals surface area contributed by atoms with E-state index in [1.54, 1.807) is 47.4 Å². The lowest BCUT2D eigenvalue weighted by Crippen LogP contribution is -2.15. The predicted octanol–water partition coefficient (Wildman–Crippen LogP) is 2.10. The van der Waals surface area contributed by atoms with Crippen molar-refractivity contribution in [2.45, 2.75) is 0 Å². The van der Waals surface area contributed by atoms with Gasteiger partial charge >= 0.3 is 0 Å². The van der Waals surface area contributed by atoms with Crippen LogP contribution in [0.25, 0.3) is 5.69 Å². The molecular formula is C15H13N5O. The standard InChI is InChI=1S/C15H13N5O/c16-12-3-5-13(6-4-12)20-14(7-9-18-20)19-15(21)11-2-1-8-17-10-11/h1-10H,16H2,(H,19,21). The number of hydrogen-bond acceptors (Lipinski definition) is 4. The van der Waals surface area contributed by atoms with Gasteiger partial charge in [0.25, 0.3) is 5.91 Å². The maximum absolute atomic E-state index is 12.1. The molecule has 3 aromatic rings. The highest BCUT2D eigenvalue weighted by Gasteiger charge is 2.10. The van der Waals surface area contributed by atoms with Crippen molar-refractivity contribution in [3.63, 3.8) is 0 Å². The molecule has 0 aliphatic rings. The highest BCUT2D eigenvalue weighted by Crippen LogP contribution is 2.16. The second kappa shape index (κ2) is 5.46. The first-order valence-electron chi connectivity index (χ1n) is 6.35. The quantitative estimate of drug-likeness (QED) is 0.719. The Morgan fingerprint density at radius 1 is 1.10 bits per heavy atom. The minimum atomic E-state index is -0.236. The number of aromatic nitrogens is 3. The molecule has 0 spiro atoms. The highest BCUT2D eigenvalue weighted by atomic mass is 16.1. The van der Waals surface area contributed by atoms with Crippen LogP contribution in [-0.2, 0) is 0 Å². The summed E-state index contributed by atoms with van der Waals surface area (Å²) in [6, 6.07) is 12.4. The van der Waals surface area contributed by atoms with Gasteiger partial charge in [0.05, 0.1) is 17.4 Å². The fraction of sp³-hybridized carbons (Fsp3) is 0. The Labute approximate surface area is 121 Å². The van der Waals surface area contributed by atoms with Gasteiger partial charge in [0, 0.05) is 24.1 Å². The molecule has 6 heteroatoms. The van der Waals surface area contributed by atoms with Crippen LogP contribution >= 0.6 is 0 Å². The zero-order chi connectivity index (χ0) is 14.7. The number of anilines is 2. The van der Waals surface area contributed by atoms with Crippen molar-refractivity contribution in [1.29, 1.82) is 0 Å². The van der Waals surface area contributed by atoms with Gasteiger partial charge in [0.15, 0.2) is 0 Å². The molecule has 2 heterocycles. The van der Waals surface area contributed by atoms with Crippen LogP contribution in [0.15, 0.2) is 61.1 Å². The van der Waals surface area contributed by atoms with Crippen molar-refractivity contribution in [1.82, 2.24) is 14.8 Å². The summed E-state index contributed by atoms with van der Waals surface area (Å²) < 4.78 is 1.63. The van der Waals surface area contributed by atoms with Crippen LogP contribution in [0.3, 0.4) is 0 Å². The zero-order valence-corrected chi connectivity index (χ0v) is 11.1. The number of carbonyl (C=O) groups excluding carboxylic acids is 1. The van der Waals surface area contributed by atoms with Gasteiger partial charge in [-0.3, -0.25) is 9.78 Å². The molecule has 21 heavy (non-hydrogen) atoms. The van der Waals surface area contributed by atoms with Crippen molar-refractivity contribution in [2.24, 2.45) is 0 Å². The number of hydrogen-bond donors (Lipinski definition) is 2. The Hall–Kier alpha value is -3.15. The maximum Gasteiger partial charge on any atom is 0.258 e. The maximum atomic E-state index is 12.1. The summed E-state index contributed by atoms with van der Waals surface area (Å²) in [5.74, 6) is 0.342. The average molecular weight is 279 g/mol. The van der Waals surface area contributed by atoms with E-state index in [9.17, 15) is 4.79 Å². The molecule has 2 aromatic heterocycles. The normalized spacial score (nSPS) is 10.3.